The monoisotopic (exact) mass is 473 g/mol. The summed E-state index contributed by atoms with van der Waals surface area (Å²) in [5, 5.41) is 17.0. The summed E-state index contributed by atoms with van der Waals surface area (Å²) in [5.41, 5.74) is 11.2. The van der Waals surface area contributed by atoms with Gasteiger partial charge >= 0.3 is 0 Å². The topological polar surface area (TPSA) is 131 Å². The standard InChI is InChI=1S/C26H31N7O2/c1-15-21(24(27)32-31-15)18-9-11-19(12-10-18)29-26(35)23(30-25(34)20-13-14-28-33(20)2)22(16-5-3-6-16)17-7-4-8-17/h9-14,16-17H,3-8H2,1-2H3,(H,29,35)(H,30,34)(H3,27,31,32). The molecule has 2 aromatic heterocycles. The molecule has 2 aliphatic rings. The van der Waals surface area contributed by atoms with E-state index in [2.05, 4.69) is 25.9 Å². The Kier molecular flexibility index (Phi) is 6.15. The molecule has 2 amide bonds. The molecule has 9 nitrogen and oxygen atoms in total. The number of aromatic amines is 1. The molecule has 0 atom stereocenters. The molecule has 0 radical (unpaired) electrons. The molecule has 2 aliphatic carbocycles. The number of carbonyl (C=O) groups is 2. The predicted molar refractivity (Wildman–Crippen MR) is 134 cm³/mol. The van der Waals surface area contributed by atoms with Gasteiger partial charge in [0.15, 0.2) is 5.82 Å². The molecule has 5 N–H and O–H groups in total. The summed E-state index contributed by atoms with van der Waals surface area (Å²) in [4.78, 5) is 26.7. The molecule has 2 fully saturated rings. The van der Waals surface area contributed by atoms with Crippen LogP contribution in [0.25, 0.3) is 11.1 Å². The van der Waals surface area contributed by atoms with Crippen molar-refractivity contribution in [3.8, 4) is 11.1 Å². The molecule has 1 aromatic carbocycles. The minimum Gasteiger partial charge on any atom is -0.382 e. The van der Waals surface area contributed by atoms with E-state index in [1.165, 1.54) is 4.68 Å². The molecule has 35 heavy (non-hydrogen) atoms. The maximum Gasteiger partial charge on any atom is 0.274 e. The number of aromatic nitrogens is 4. The SMILES string of the molecule is Cc1[nH]nc(N)c1-c1ccc(NC(=O)C(NC(=O)c2ccnn2C)=C(C2CCC2)C2CCC2)cc1. The maximum atomic E-state index is 13.6. The van der Waals surface area contributed by atoms with Crippen LogP contribution in [-0.2, 0) is 11.8 Å². The Bertz CT molecular complexity index is 1240. The highest BCUT2D eigenvalue weighted by Crippen LogP contribution is 2.45. The second-order valence-electron chi connectivity index (χ2n) is 9.52. The normalized spacial score (nSPS) is 15.7. The summed E-state index contributed by atoms with van der Waals surface area (Å²) in [6.07, 6.45) is 8.13. The number of rotatable bonds is 7. The molecule has 9 heteroatoms. The van der Waals surface area contributed by atoms with Gasteiger partial charge in [0.25, 0.3) is 11.8 Å². The van der Waals surface area contributed by atoms with Gasteiger partial charge in [0.1, 0.15) is 11.4 Å². The van der Waals surface area contributed by atoms with Crippen LogP contribution in [0.5, 0.6) is 0 Å². The first kappa shape index (κ1) is 22.9. The first-order chi connectivity index (χ1) is 16.9. The number of nitrogens with one attached hydrogen (secondary N) is 3. The summed E-state index contributed by atoms with van der Waals surface area (Å²) < 4.78 is 1.51. The maximum absolute atomic E-state index is 13.6. The number of benzene rings is 1. The van der Waals surface area contributed by atoms with Crippen LogP contribution in [-0.4, -0.2) is 31.8 Å². The molecular formula is C26H31N7O2. The van der Waals surface area contributed by atoms with Gasteiger partial charge in [-0.15, -0.1) is 0 Å². The van der Waals surface area contributed by atoms with Crippen molar-refractivity contribution in [3.05, 3.63) is 59.2 Å². The molecule has 0 unspecified atom stereocenters. The van der Waals surface area contributed by atoms with E-state index in [4.69, 9.17) is 5.73 Å². The van der Waals surface area contributed by atoms with Gasteiger partial charge in [-0.2, -0.15) is 10.2 Å². The average molecular weight is 474 g/mol. The van der Waals surface area contributed by atoms with E-state index in [1.807, 2.05) is 31.2 Å². The van der Waals surface area contributed by atoms with Gasteiger partial charge in [-0.25, -0.2) is 0 Å². The van der Waals surface area contributed by atoms with Gasteiger partial charge < -0.3 is 16.4 Å². The highest BCUT2D eigenvalue weighted by molar-refractivity contribution is 6.08. The Morgan fingerprint density at radius 3 is 2.20 bits per heavy atom. The van der Waals surface area contributed by atoms with E-state index in [0.717, 1.165) is 60.9 Å². The Balaban J connectivity index is 1.43. The van der Waals surface area contributed by atoms with Crippen LogP contribution in [0.15, 0.2) is 47.8 Å². The smallest absolute Gasteiger partial charge is 0.274 e. The Morgan fingerprint density at radius 2 is 1.71 bits per heavy atom. The Labute approximate surface area is 204 Å². The van der Waals surface area contributed by atoms with Crippen molar-refractivity contribution in [2.75, 3.05) is 11.1 Å². The lowest BCUT2D eigenvalue weighted by atomic mass is 9.67. The lowest BCUT2D eigenvalue weighted by Crippen LogP contribution is -2.37. The molecule has 0 spiro atoms. The van der Waals surface area contributed by atoms with Gasteiger partial charge in [-0.3, -0.25) is 19.4 Å². The number of hydrogen-bond donors (Lipinski definition) is 4. The lowest BCUT2D eigenvalue weighted by molar-refractivity contribution is -0.113. The minimum atomic E-state index is -0.326. The van der Waals surface area contributed by atoms with E-state index in [0.29, 0.717) is 34.7 Å². The van der Waals surface area contributed by atoms with Crippen LogP contribution in [0.3, 0.4) is 0 Å². The Hall–Kier alpha value is -3.88. The molecule has 0 aliphatic heterocycles. The van der Waals surface area contributed by atoms with Crippen LogP contribution >= 0.6 is 0 Å². The number of allylic oxidation sites excluding steroid dienone is 1. The molecule has 2 saturated carbocycles. The molecule has 3 aromatic rings. The lowest BCUT2D eigenvalue weighted by Gasteiger charge is -2.39. The van der Waals surface area contributed by atoms with E-state index in [9.17, 15) is 9.59 Å². The van der Waals surface area contributed by atoms with E-state index >= 15 is 0 Å². The van der Waals surface area contributed by atoms with Crippen LogP contribution in [0.4, 0.5) is 11.5 Å². The average Bonchev–Trinajstić information content (AvgIpc) is 3.34. The number of nitrogens with two attached hydrogens (primary N) is 1. The summed E-state index contributed by atoms with van der Waals surface area (Å²) in [6.45, 7) is 1.92. The van der Waals surface area contributed by atoms with Gasteiger partial charge in [-0.1, -0.05) is 25.0 Å². The molecule has 2 heterocycles. The van der Waals surface area contributed by atoms with Gasteiger partial charge in [0, 0.05) is 30.2 Å². The second kappa shape index (κ2) is 9.40. The zero-order valence-electron chi connectivity index (χ0n) is 20.1. The van der Waals surface area contributed by atoms with Crippen molar-refractivity contribution in [2.45, 2.75) is 45.4 Å². The fraction of sp³-hybridized carbons (Fsp3) is 0.385. The third kappa shape index (κ3) is 4.45. The molecule has 0 bridgehead atoms. The third-order valence-electron chi connectivity index (χ3n) is 7.30. The first-order valence-electron chi connectivity index (χ1n) is 12.2. The highest BCUT2D eigenvalue weighted by atomic mass is 16.2. The molecule has 182 valence electrons. The number of amides is 2. The molecule has 0 saturated heterocycles. The minimum absolute atomic E-state index is 0.291. The van der Waals surface area contributed by atoms with Crippen LogP contribution in [0.1, 0.15) is 54.7 Å². The predicted octanol–water partition coefficient (Wildman–Crippen LogP) is 3.92. The van der Waals surface area contributed by atoms with Crippen LogP contribution in [0, 0.1) is 18.8 Å². The van der Waals surface area contributed by atoms with Gasteiger partial charge in [-0.05, 0) is 73.8 Å². The number of aryl methyl sites for hydroxylation is 2. The van der Waals surface area contributed by atoms with Gasteiger partial charge in [0.05, 0.1) is 0 Å². The quantitative estimate of drug-likeness (QED) is 0.386. The zero-order valence-corrected chi connectivity index (χ0v) is 20.1. The van der Waals surface area contributed by atoms with Crippen molar-refractivity contribution in [1.29, 1.82) is 0 Å². The van der Waals surface area contributed by atoms with E-state index in [-0.39, 0.29) is 11.8 Å². The van der Waals surface area contributed by atoms with Gasteiger partial charge in [0.2, 0.25) is 0 Å². The number of nitrogens with zero attached hydrogens (tertiary/aromatic N) is 3. The third-order valence-corrected chi connectivity index (χ3v) is 7.30. The van der Waals surface area contributed by atoms with Crippen molar-refractivity contribution in [3.63, 3.8) is 0 Å². The fourth-order valence-electron chi connectivity index (χ4n) is 4.94. The summed E-state index contributed by atoms with van der Waals surface area (Å²) in [5.74, 6) is 0.520. The van der Waals surface area contributed by atoms with Crippen molar-refractivity contribution in [2.24, 2.45) is 18.9 Å². The first-order valence-corrected chi connectivity index (χ1v) is 12.2. The van der Waals surface area contributed by atoms with Crippen molar-refractivity contribution < 1.29 is 9.59 Å². The summed E-state index contributed by atoms with van der Waals surface area (Å²) in [7, 11) is 1.72. The van der Waals surface area contributed by atoms with Crippen molar-refractivity contribution >= 4 is 23.3 Å². The van der Waals surface area contributed by atoms with Crippen LogP contribution < -0.4 is 16.4 Å². The van der Waals surface area contributed by atoms with Crippen LogP contribution in [0.2, 0.25) is 0 Å². The number of carbonyl (C=O) groups excluding carboxylic acids is 2. The summed E-state index contributed by atoms with van der Waals surface area (Å²) >= 11 is 0. The highest BCUT2D eigenvalue weighted by Gasteiger charge is 2.36. The summed E-state index contributed by atoms with van der Waals surface area (Å²) in [6, 6.07) is 9.14. The number of anilines is 2. The van der Waals surface area contributed by atoms with E-state index < -0.39 is 0 Å². The van der Waals surface area contributed by atoms with Crippen molar-refractivity contribution in [1.82, 2.24) is 25.3 Å². The Morgan fingerprint density at radius 1 is 1.06 bits per heavy atom. The number of hydrogen-bond acceptors (Lipinski definition) is 5. The zero-order chi connectivity index (χ0) is 24.5. The number of H-pyrrole nitrogens is 1. The number of nitrogen functional groups attached to an aromatic ring is 1. The largest absolute Gasteiger partial charge is 0.382 e. The van der Waals surface area contributed by atoms with E-state index in [1.54, 1.807) is 19.3 Å². The molecular weight excluding hydrogens is 442 g/mol. The fourth-order valence-corrected chi connectivity index (χ4v) is 4.94. The molecule has 5 rings (SSSR count). The second-order valence-corrected chi connectivity index (χ2v) is 9.52.